The third kappa shape index (κ3) is 5.88. The van der Waals surface area contributed by atoms with Gasteiger partial charge >= 0.3 is 5.97 Å². The Hall–Kier alpha value is -3.26. The molecule has 1 aliphatic rings. The van der Waals surface area contributed by atoms with Crippen molar-refractivity contribution in [3.05, 3.63) is 65.0 Å². The van der Waals surface area contributed by atoms with Gasteiger partial charge in [0, 0.05) is 24.0 Å². The van der Waals surface area contributed by atoms with E-state index in [2.05, 4.69) is 10.3 Å². The van der Waals surface area contributed by atoms with Crippen LogP contribution in [-0.2, 0) is 24.3 Å². The van der Waals surface area contributed by atoms with E-state index in [0.29, 0.717) is 11.3 Å². The highest BCUT2D eigenvalue weighted by Crippen LogP contribution is 2.25. The fraction of sp³-hybridized carbons (Fsp3) is 0.227. The Morgan fingerprint density at radius 2 is 1.83 bits per heavy atom. The molecule has 1 aromatic heterocycles. The van der Waals surface area contributed by atoms with E-state index in [0.717, 1.165) is 33.8 Å². The summed E-state index contributed by atoms with van der Waals surface area (Å²) in [6.07, 6.45) is 0. The zero-order valence-electron chi connectivity index (χ0n) is 18.1. The summed E-state index contributed by atoms with van der Waals surface area (Å²) in [5.41, 5.74) is 0.968. The molecule has 184 valence electrons. The molecule has 4 rings (SSSR count). The zero-order valence-corrected chi connectivity index (χ0v) is 19.7. The molecule has 2 heterocycles. The smallest absolute Gasteiger partial charge is 0.338 e. The van der Waals surface area contributed by atoms with Gasteiger partial charge in [-0.05, 0) is 42.5 Å². The lowest BCUT2D eigenvalue weighted by molar-refractivity contribution is -0.119. The van der Waals surface area contributed by atoms with E-state index in [1.807, 2.05) is 0 Å². The standard InChI is InChI=1S/C22H19F2N3O6S2/c23-16-4-1-14(2-5-16)18-13-34-22(25-18)26-20(28)12-33-21(29)15-3-6-17(24)19(11-15)35(30,31)27-7-9-32-10-8-27/h1-6,11,13H,7-10,12H2,(H,25,26,28). The molecule has 35 heavy (non-hydrogen) atoms. The first-order chi connectivity index (χ1) is 16.7. The molecule has 0 bridgehead atoms. The van der Waals surface area contributed by atoms with Gasteiger partial charge in [-0.1, -0.05) is 0 Å². The van der Waals surface area contributed by atoms with Crippen LogP contribution in [0.15, 0.2) is 52.7 Å². The first-order valence-electron chi connectivity index (χ1n) is 10.3. The van der Waals surface area contributed by atoms with Gasteiger partial charge in [-0.3, -0.25) is 10.1 Å². The van der Waals surface area contributed by atoms with Crippen molar-refractivity contribution in [1.29, 1.82) is 0 Å². The molecule has 0 atom stereocenters. The van der Waals surface area contributed by atoms with Gasteiger partial charge in [0.2, 0.25) is 10.0 Å². The summed E-state index contributed by atoms with van der Waals surface area (Å²) in [5.74, 6) is -3.07. The molecule has 0 spiro atoms. The summed E-state index contributed by atoms with van der Waals surface area (Å²) in [7, 11) is -4.18. The van der Waals surface area contributed by atoms with Crippen molar-refractivity contribution in [3.63, 3.8) is 0 Å². The lowest BCUT2D eigenvalue weighted by Crippen LogP contribution is -2.41. The zero-order chi connectivity index (χ0) is 25.0. The van der Waals surface area contributed by atoms with Gasteiger partial charge in [0.1, 0.15) is 16.5 Å². The quantitative estimate of drug-likeness (QED) is 0.474. The number of thiazole rings is 1. The van der Waals surface area contributed by atoms with Crippen molar-refractivity contribution >= 4 is 38.4 Å². The SMILES string of the molecule is O=C(COC(=O)c1ccc(F)c(S(=O)(=O)N2CCOCC2)c1)Nc1nc(-c2ccc(F)cc2)cs1. The van der Waals surface area contributed by atoms with Crippen molar-refractivity contribution in [3.8, 4) is 11.3 Å². The Kier molecular flexibility index (Phi) is 7.50. The van der Waals surface area contributed by atoms with E-state index in [1.54, 1.807) is 17.5 Å². The van der Waals surface area contributed by atoms with E-state index in [1.165, 1.54) is 12.1 Å². The first-order valence-corrected chi connectivity index (χ1v) is 12.6. The Morgan fingerprint density at radius 1 is 1.11 bits per heavy atom. The lowest BCUT2D eigenvalue weighted by atomic mass is 10.2. The second-order valence-corrected chi connectivity index (χ2v) is 10.1. The van der Waals surface area contributed by atoms with Gasteiger partial charge < -0.3 is 9.47 Å². The largest absolute Gasteiger partial charge is 0.452 e. The fourth-order valence-electron chi connectivity index (χ4n) is 3.21. The number of hydrogen-bond donors (Lipinski definition) is 1. The van der Waals surface area contributed by atoms with Crippen molar-refractivity contribution in [2.75, 3.05) is 38.2 Å². The minimum absolute atomic E-state index is 0.0657. The number of halogens is 2. The highest BCUT2D eigenvalue weighted by molar-refractivity contribution is 7.89. The highest BCUT2D eigenvalue weighted by Gasteiger charge is 2.30. The molecular weight excluding hydrogens is 504 g/mol. The van der Waals surface area contributed by atoms with E-state index in [-0.39, 0.29) is 42.8 Å². The number of rotatable bonds is 7. The number of nitrogens with zero attached hydrogens (tertiary/aromatic N) is 2. The van der Waals surface area contributed by atoms with Crippen molar-refractivity contribution in [2.45, 2.75) is 4.90 Å². The van der Waals surface area contributed by atoms with Crippen LogP contribution in [0.2, 0.25) is 0 Å². The van der Waals surface area contributed by atoms with Crippen LogP contribution < -0.4 is 5.32 Å². The molecule has 1 saturated heterocycles. The van der Waals surface area contributed by atoms with E-state index in [9.17, 15) is 26.8 Å². The number of esters is 1. The monoisotopic (exact) mass is 523 g/mol. The van der Waals surface area contributed by atoms with Gasteiger partial charge in [0.15, 0.2) is 11.7 Å². The molecule has 3 aromatic rings. The van der Waals surface area contributed by atoms with Crippen LogP contribution in [0.3, 0.4) is 0 Å². The second kappa shape index (κ2) is 10.6. The van der Waals surface area contributed by atoms with Crippen molar-refractivity contribution < 1.29 is 36.3 Å². The lowest BCUT2D eigenvalue weighted by Gasteiger charge is -2.26. The predicted octanol–water partition coefficient (Wildman–Crippen LogP) is 2.90. The molecule has 2 aromatic carbocycles. The number of carbonyl (C=O) groups excluding carboxylic acids is 2. The number of carbonyl (C=O) groups is 2. The summed E-state index contributed by atoms with van der Waals surface area (Å²) >= 11 is 1.13. The Labute approximate surface area is 203 Å². The number of amides is 1. The summed E-state index contributed by atoms with van der Waals surface area (Å²) in [6.45, 7) is -0.177. The average Bonchev–Trinajstić information content (AvgIpc) is 3.32. The maximum atomic E-state index is 14.3. The molecule has 0 unspecified atom stereocenters. The number of morpholine rings is 1. The molecule has 1 fully saturated rings. The van der Waals surface area contributed by atoms with Gasteiger partial charge in [-0.15, -0.1) is 11.3 Å². The van der Waals surface area contributed by atoms with E-state index >= 15 is 0 Å². The molecule has 0 radical (unpaired) electrons. The van der Waals surface area contributed by atoms with Crippen LogP contribution in [-0.4, -0.2) is 62.5 Å². The summed E-state index contributed by atoms with van der Waals surface area (Å²) in [6, 6.07) is 8.50. The summed E-state index contributed by atoms with van der Waals surface area (Å²) < 4.78 is 64.0. The minimum atomic E-state index is -4.18. The van der Waals surface area contributed by atoms with E-state index < -0.39 is 39.2 Å². The van der Waals surface area contributed by atoms with Gasteiger partial charge in [-0.2, -0.15) is 4.31 Å². The molecular formula is C22H19F2N3O6S2. The van der Waals surface area contributed by atoms with Gasteiger partial charge in [-0.25, -0.2) is 27.0 Å². The highest BCUT2D eigenvalue weighted by atomic mass is 32.2. The molecule has 0 saturated carbocycles. The van der Waals surface area contributed by atoms with Crippen LogP contribution in [0.4, 0.5) is 13.9 Å². The van der Waals surface area contributed by atoms with Crippen LogP contribution in [0.25, 0.3) is 11.3 Å². The maximum absolute atomic E-state index is 14.3. The number of aromatic nitrogens is 1. The molecule has 1 N–H and O–H groups in total. The Bertz CT molecular complexity index is 1340. The number of sulfonamides is 1. The van der Waals surface area contributed by atoms with Crippen LogP contribution in [0.5, 0.6) is 0 Å². The normalized spacial score (nSPS) is 14.5. The Balaban J connectivity index is 1.37. The van der Waals surface area contributed by atoms with Crippen LogP contribution in [0.1, 0.15) is 10.4 Å². The third-order valence-electron chi connectivity index (χ3n) is 4.98. The van der Waals surface area contributed by atoms with Crippen molar-refractivity contribution in [2.24, 2.45) is 0 Å². The summed E-state index contributed by atoms with van der Waals surface area (Å²) in [5, 5.41) is 4.39. The maximum Gasteiger partial charge on any atom is 0.338 e. The second-order valence-electron chi connectivity index (χ2n) is 7.33. The molecule has 9 nitrogen and oxygen atoms in total. The van der Waals surface area contributed by atoms with Crippen molar-refractivity contribution in [1.82, 2.24) is 9.29 Å². The predicted molar refractivity (Wildman–Crippen MR) is 122 cm³/mol. The van der Waals surface area contributed by atoms with Crippen LogP contribution >= 0.6 is 11.3 Å². The fourth-order valence-corrected chi connectivity index (χ4v) is 5.44. The topological polar surface area (TPSA) is 115 Å². The number of nitrogens with one attached hydrogen (secondary N) is 1. The molecule has 1 aliphatic heterocycles. The summed E-state index contributed by atoms with van der Waals surface area (Å²) in [4.78, 5) is 28.1. The number of hydrogen-bond acceptors (Lipinski definition) is 8. The third-order valence-corrected chi connectivity index (χ3v) is 7.65. The minimum Gasteiger partial charge on any atom is -0.452 e. The van der Waals surface area contributed by atoms with Gasteiger partial charge in [0.05, 0.1) is 24.5 Å². The Morgan fingerprint density at radius 3 is 2.54 bits per heavy atom. The van der Waals surface area contributed by atoms with E-state index in [4.69, 9.17) is 9.47 Å². The first kappa shape index (κ1) is 24.9. The van der Waals surface area contributed by atoms with Crippen LogP contribution in [0, 0.1) is 11.6 Å². The molecule has 1 amide bonds. The number of anilines is 1. The number of ether oxygens (including phenoxy) is 2. The average molecular weight is 524 g/mol. The molecule has 13 heteroatoms. The number of benzene rings is 2. The molecule has 0 aliphatic carbocycles. The van der Waals surface area contributed by atoms with Gasteiger partial charge in [0.25, 0.3) is 5.91 Å².